The van der Waals surface area contributed by atoms with Gasteiger partial charge in [-0.05, 0) is 12.1 Å². The highest BCUT2D eigenvalue weighted by Gasteiger charge is 2.06. The third-order valence-corrected chi connectivity index (χ3v) is 2.73. The molecule has 86 valence electrons. The van der Waals surface area contributed by atoms with Crippen LogP contribution in [-0.2, 0) is 0 Å². The predicted octanol–water partition coefficient (Wildman–Crippen LogP) is 3.10. The van der Waals surface area contributed by atoms with Crippen molar-refractivity contribution in [3.8, 4) is 0 Å². The van der Waals surface area contributed by atoms with Gasteiger partial charge in [-0.15, -0.1) is 12.4 Å². The van der Waals surface area contributed by atoms with Crippen molar-refractivity contribution in [2.24, 2.45) is 5.84 Å². The maximum Gasteiger partial charge on any atom is 0.0731 e. The molecule has 17 heavy (non-hydrogen) atoms. The van der Waals surface area contributed by atoms with E-state index in [4.69, 9.17) is 5.84 Å². The number of para-hydroxylation sites is 2. The number of anilines is 1. The van der Waals surface area contributed by atoms with Gasteiger partial charge in [0.15, 0.2) is 0 Å². The number of nitrogen functional groups attached to an aromatic ring is 1. The lowest BCUT2D eigenvalue weighted by Crippen LogP contribution is -2.08. The lowest BCUT2D eigenvalue weighted by Gasteiger charge is -2.09. The zero-order valence-corrected chi connectivity index (χ0v) is 9.87. The monoisotopic (exact) mass is 245 g/mol. The first-order valence-corrected chi connectivity index (χ1v) is 5.14. The molecule has 0 aliphatic rings. The zero-order valence-electron chi connectivity index (χ0n) is 9.05. The van der Waals surface area contributed by atoms with E-state index in [2.05, 4.69) is 10.4 Å². The van der Waals surface area contributed by atoms with E-state index < -0.39 is 0 Å². The van der Waals surface area contributed by atoms with Crippen molar-refractivity contribution in [3.63, 3.8) is 0 Å². The maximum absolute atomic E-state index is 5.60. The number of aromatic nitrogens is 1. The van der Waals surface area contributed by atoms with Gasteiger partial charge in [0.1, 0.15) is 0 Å². The summed E-state index contributed by atoms with van der Waals surface area (Å²) >= 11 is 0. The molecule has 3 aromatic rings. The molecule has 0 bridgehead atoms. The van der Waals surface area contributed by atoms with Crippen molar-refractivity contribution in [3.05, 3.63) is 48.5 Å². The molecule has 0 amide bonds. The fourth-order valence-electron chi connectivity index (χ4n) is 2.00. The third-order valence-electron chi connectivity index (χ3n) is 2.73. The van der Waals surface area contributed by atoms with Gasteiger partial charge in [0.25, 0.3) is 0 Å². The number of benzene rings is 2. The molecule has 0 radical (unpaired) electrons. The summed E-state index contributed by atoms with van der Waals surface area (Å²) < 4.78 is 0. The molecule has 0 aliphatic carbocycles. The molecule has 0 saturated carbocycles. The number of nitrogens with zero attached hydrogens (tertiary/aromatic N) is 1. The van der Waals surface area contributed by atoms with Crippen LogP contribution in [0.25, 0.3) is 21.8 Å². The van der Waals surface area contributed by atoms with Gasteiger partial charge in [-0.3, -0.25) is 5.84 Å². The topological polar surface area (TPSA) is 50.9 Å². The summed E-state index contributed by atoms with van der Waals surface area (Å²) in [5.41, 5.74) is 5.61. The molecule has 3 nitrogen and oxygen atoms in total. The van der Waals surface area contributed by atoms with E-state index in [1.807, 2.05) is 48.5 Å². The highest BCUT2D eigenvalue weighted by atomic mass is 35.5. The Labute approximate surface area is 105 Å². The van der Waals surface area contributed by atoms with E-state index in [-0.39, 0.29) is 12.4 Å². The van der Waals surface area contributed by atoms with Crippen molar-refractivity contribution < 1.29 is 0 Å². The molecule has 0 unspecified atom stereocenters. The van der Waals surface area contributed by atoms with E-state index >= 15 is 0 Å². The Morgan fingerprint density at radius 2 is 1.29 bits per heavy atom. The minimum absolute atomic E-state index is 0. The van der Waals surface area contributed by atoms with Crippen LogP contribution in [0, 0.1) is 0 Å². The number of nitrogens with one attached hydrogen (secondary N) is 1. The summed E-state index contributed by atoms with van der Waals surface area (Å²) in [6, 6.07) is 15.9. The van der Waals surface area contributed by atoms with E-state index in [1.54, 1.807) is 0 Å². The van der Waals surface area contributed by atoms with Gasteiger partial charge < -0.3 is 5.43 Å². The smallest absolute Gasteiger partial charge is 0.0731 e. The quantitative estimate of drug-likeness (QED) is 0.394. The average molecular weight is 246 g/mol. The fraction of sp³-hybridized carbons (Fsp3) is 0. The van der Waals surface area contributed by atoms with Gasteiger partial charge in [-0.1, -0.05) is 36.4 Å². The molecule has 4 heteroatoms. The van der Waals surface area contributed by atoms with Crippen LogP contribution in [0.1, 0.15) is 0 Å². The van der Waals surface area contributed by atoms with Gasteiger partial charge >= 0.3 is 0 Å². The van der Waals surface area contributed by atoms with E-state index in [9.17, 15) is 0 Å². The first-order chi connectivity index (χ1) is 7.90. The van der Waals surface area contributed by atoms with Gasteiger partial charge in [-0.2, -0.15) is 0 Å². The highest BCUT2D eigenvalue weighted by Crippen LogP contribution is 2.29. The zero-order chi connectivity index (χ0) is 11.0. The lowest BCUT2D eigenvalue weighted by atomic mass is 10.1. The first kappa shape index (κ1) is 11.6. The summed E-state index contributed by atoms with van der Waals surface area (Å²) in [7, 11) is 0. The standard InChI is InChI=1S/C13H11N3.ClH/c14-16-13-9-5-1-3-7-11(9)15-12-8-4-2-6-10(12)13;/h1-8H,14H2,(H,15,16);1H. The Hall–Kier alpha value is -1.84. The lowest BCUT2D eigenvalue weighted by molar-refractivity contribution is 1.37. The van der Waals surface area contributed by atoms with Crippen LogP contribution in [0.15, 0.2) is 48.5 Å². The van der Waals surface area contributed by atoms with Crippen molar-refractivity contribution >= 4 is 39.9 Å². The second-order valence-corrected chi connectivity index (χ2v) is 3.67. The molecule has 3 rings (SSSR count). The number of pyridine rings is 1. The second-order valence-electron chi connectivity index (χ2n) is 3.67. The Kier molecular flexibility index (Phi) is 3.13. The van der Waals surface area contributed by atoms with Gasteiger partial charge in [0.05, 0.1) is 16.7 Å². The van der Waals surface area contributed by atoms with Crippen LogP contribution in [0.2, 0.25) is 0 Å². The minimum atomic E-state index is 0. The van der Waals surface area contributed by atoms with Crippen LogP contribution < -0.4 is 11.3 Å². The molecule has 2 aromatic carbocycles. The molecule has 3 N–H and O–H groups in total. The molecular weight excluding hydrogens is 234 g/mol. The number of hydrogen-bond acceptors (Lipinski definition) is 3. The van der Waals surface area contributed by atoms with Crippen molar-refractivity contribution in [1.29, 1.82) is 0 Å². The van der Waals surface area contributed by atoms with Crippen LogP contribution in [0.3, 0.4) is 0 Å². The maximum atomic E-state index is 5.60. The van der Waals surface area contributed by atoms with Gasteiger partial charge in [0, 0.05) is 10.8 Å². The predicted molar refractivity (Wildman–Crippen MR) is 74.3 cm³/mol. The van der Waals surface area contributed by atoms with Crippen LogP contribution in [0.4, 0.5) is 5.69 Å². The largest absolute Gasteiger partial charge is 0.323 e. The highest BCUT2D eigenvalue weighted by molar-refractivity contribution is 6.07. The number of fused-ring (bicyclic) bond motifs is 2. The minimum Gasteiger partial charge on any atom is -0.323 e. The number of rotatable bonds is 1. The van der Waals surface area contributed by atoms with Crippen molar-refractivity contribution in [1.82, 2.24) is 4.98 Å². The normalized spacial score (nSPS) is 10.2. The molecule has 0 aliphatic heterocycles. The Morgan fingerprint density at radius 1 is 0.824 bits per heavy atom. The van der Waals surface area contributed by atoms with E-state index in [1.165, 1.54) is 0 Å². The second kappa shape index (κ2) is 4.57. The first-order valence-electron chi connectivity index (χ1n) is 5.14. The summed E-state index contributed by atoms with van der Waals surface area (Å²) in [5, 5.41) is 2.09. The molecule has 1 heterocycles. The molecule has 1 aromatic heterocycles. The van der Waals surface area contributed by atoms with Crippen molar-refractivity contribution in [2.75, 3.05) is 5.43 Å². The van der Waals surface area contributed by atoms with Crippen molar-refractivity contribution in [2.45, 2.75) is 0 Å². The molecule has 0 fully saturated rings. The number of hydrazine groups is 1. The van der Waals surface area contributed by atoms with E-state index in [0.717, 1.165) is 27.5 Å². The average Bonchev–Trinajstić information content (AvgIpc) is 2.36. The molecular formula is C13H12ClN3. The number of hydrogen-bond donors (Lipinski definition) is 2. The van der Waals surface area contributed by atoms with Gasteiger partial charge in [0.2, 0.25) is 0 Å². The molecule has 0 atom stereocenters. The summed E-state index contributed by atoms with van der Waals surface area (Å²) in [6.45, 7) is 0. The number of nitrogens with two attached hydrogens (primary N) is 1. The number of halogens is 1. The van der Waals surface area contributed by atoms with Crippen LogP contribution in [-0.4, -0.2) is 4.98 Å². The molecule has 0 spiro atoms. The summed E-state index contributed by atoms with van der Waals surface area (Å²) in [6.07, 6.45) is 0. The Bertz CT molecular complexity index is 613. The van der Waals surface area contributed by atoms with Crippen LogP contribution >= 0.6 is 12.4 Å². The summed E-state index contributed by atoms with van der Waals surface area (Å²) in [5.74, 6) is 5.60. The van der Waals surface area contributed by atoms with Gasteiger partial charge in [-0.25, -0.2) is 4.98 Å². The Balaban J connectivity index is 0.00000108. The molecule has 0 saturated heterocycles. The fourth-order valence-corrected chi connectivity index (χ4v) is 2.00. The van der Waals surface area contributed by atoms with E-state index in [0.29, 0.717) is 0 Å². The summed E-state index contributed by atoms with van der Waals surface area (Å²) in [4.78, 5) is 4.59. The Morgan fingerprint density at radius 3 is 1.76 bits per heavy atom. The van der Waals surface area contributed by atoms with Crippen LogP contribution in [0.5, 0.6) is 0 Å². The third kappa shape index (κ3) is 1.79. The SMILES string of the molecule is Cl.NNc1c2ccccc2nc2ccccc12.